The summed E-state index contributed by atoms with van der Waals surface area (Å²) >= 11 is 0. The number of hydrogen-bond donors (Lipinski definition) is 2. The molecule has 0 saturated carbocycles. The highest BCUT2D eigenvalue weighted by Crippen LogP contribution is 2.18. The molecule has 132 valence electrons. The number of nitriles is 1. The van der Waals surface area contributed by atoms with Gasteiger partial charge in [-0.15, -0.1) is 0 Å². The lowest BCUT2D eigenvalue weighted by atomic mass is 10.0. The van der Waals surface area contributed by atoms with Crippen LogP contribution < -0.4 is 5.32 Å². The predicted octanol–water partition coefficient (Wildman–Crippen LogP) is 2.95. The maximum atomic E-state index is 12.2. The third-order valence-electron chi connectivity index (χ3n) is 4.08. The predicted molar refractivity (Wildman–Crippen MR) is 96.3 cm³/mol. The molecule has 1 heterocycles. The first-order valence-electron chi connectivity index (χ1n) is 8.54. The Labute approximate surface area is 145 Å². The minimum atomic E-state index is -0.396. The number of hydrogen-bond acceptors (Lipinski definition) is 3. The fourth-order valence-electron chi connectivity index (χ4n) is 2.87. The average Bonchev–Trinajstić information content (AvgIpc) is 2.77. The molecule has 1 aromatic rings. The highest BCUT2D eigenvalue weighted by atomic mass is 16.3. The number of nitrogens with zero attached hydrogens (tertiary/aromatic N) is 2. The Morgan fingerprint density at radius 3 is 2.67 bits per heavy atom. The molecule has 0 saturated heterocycles. The van der Waals surface area contributed by atoms with E-state index in [1.165, 1.54) is 0 Å². The first-order valence-corrected chi connectivity index (χ1v) is 8.54. The quantitative estimate of drug-likeness (QED) is 0.568. The van der Waals surface area contributed by atoms with Crippen LogP contribution in [0.1, 0.15) is 50.6 Å². The van der Waals surface area contributed by atoms with E-state index in [-0.39, 0.29) is 17.4 Å². The van der Waals surface area contributed by atoms with Crippen molar-refractivity contribution >= 4 is 12.0 Å². The van der Waals surface area contributed by atoms with Gasteiger partial charge in [0.1, 0.15) is 11.6 Å². The van der Waals surface area contributed by atoms with Gasteiger partial charge >= 0.3 is 0 Å². The first kappa shape index (κ1) is 20.0. The van der Waals surface area contributed by atoms with Crippen LogP contribution in [0.5, 0.6) is 0 Å². The normalized spacial score (nSPS) is 14.1. The van der Waals surface area contributed by atoms with Gasteiger partial charge in [-0.05, 0) is 57.2 Å². The molecular weight excluding hydrogens is 302 g/mol. The van der Waals surface area contributed by atoms with E-state index in [2.05, 4.69) is 16.8 Å². The van der Waals surface area contributed by atoms with E-state index in [1.54, 1.807) is 13.0 Å². The summed E-state index contributed by atoms with van der Waals surface area (Å²) in [6, 6.07) is 4.00. The van der Waals surface area contributed by atoms with Crippen molar-refractivity contribution in [1.29, 1.82) is 5.26 Å². The van der Waals surface area contributed by atoms with Crippen LogP contribution >= 0.6 is 0 Å². The topological polar surface area (TPSA) is 78.0 Å². The Hall–Kier alpha value is -2.06. The van der Waals surface area contributed by atoms with Crippen LogP contribution in [0.25, 0.3) is 6.08 Å². The van der Waals surface area contributed by atoms with Gasteiger partial charge in [-0.1, -0.05) is 13.8 Å². The van der Waals surface area contributed by atoms with Crippen LogP contribution in [0.2, 0.25) is 0 Å². The molecule has 1 rings (SSSR count). The van der Waals surface area contributed by atoms with Crippen LogP contribution in [0, 0.1) is 31.1 Å². The summed E-state index contributed by atoms with van der Waals surface area (Å²) in [6.07, 6.45) is 2.91. The van der Waals surface area contributed by atoms with Crippen molar-refractivity contribution in [1.82, 2.24) is 9.88 Å². The lowest BCUT2D eigenvalue weighted by Gasteiger charge is -2.13. The van der Waals surface area contributed by atoms with E-state index < -0.39 is 6.10 Å². The molecule has 5 heteroatoms. The molecule has 0 aliphatic heterocycles. The molecule has 0 aliphatic rings. The lowest BCUT2D eigenvalue weighted by Crippen LogP contribution is -2.30. The number of rotatable bonds is 8. The Bertz CT molecular complexity index is 636. The summed E-state index contributed by atoms with van der Waals surface area (Å²) < 4.78 is 2.20. The van der Waals surface area contributed by atoms with Crippen LogP contribution in [-0.4, -0.2) is 28.2 Å². The van der Waals surface area contributed by atoms with Crippen molar-refractivity contribution < 1.29 is 9.90 Å². The number of aliphatic hydroxyl groups excluding tert-OH is 1. The van der Waals surface area contributed by atoms with Gasteiger partial charge in [-0.3, -0.25) is 4.79 Å². The van der Waals surface area contributed by atoms with E-state index in [0.717, 1.165) is 29.9 Å². The van der Waals surface area contributed by atoms with Crippen molar-refractivity contribution in [3.8, 4) is 6.07 Å². The molecule has 0 radical (unpaired) electrons. The SMILES string of the molecule is CCCn1c(C)cc(C=C(C#N)C(=O)NCC(C)CC(C)O)c1C. The number of carbonyl (C=O) groups excluding carboxylic acids is 1. The summed E-state index contributed by atoms with van der Waals surface area (Å²) in [7, 11) is 0. The Balaban J connectivity index is 2.86. The molecule has 0 bridgehead atoms. The van der Waals surface area contributed by atoms with Crippen molar-refractivity contribution in [2.75, 3.05) is 6.54 Å². The van der Waals surface area contributed by atoms with Gasteiger partial charge in [-0.25, -0.2) is 0 Å². The molecule has 1 amide bonds. The number of amides is 1. The van der Waals surface area contributed by atoms with Gasteiger partial charge in [0.05, 0.1) is 6.10 Å². The second kappa shape index (κ2) is 9.29. The maximum absolute atomic E-state index is 12.2. The van der Waals surface area contributed by atoms with E-state index in [9.17, 15) is 15.2 Å². The second-order valence-corrected chi connectivity index (χ2v) is 6.55. The molecule has 0 aliphatic carbocycles. The molecule has 5 nitrogen and oxygen atoms in total. The second-order valence-electron chi connectivity index (χ2n) is 6.55. The Morgan fingerprint density at radius 2 is 2.12 bits per heavy atom. The summed E-state index contributed by atoms with van der Waals surface area (Å²) in [5, 5.41) is 21.5. The molecule has 0 fully saturated rings. The minimum Gasteiger partial charge on any atom is -0.393 e. The van der Waals surface area contributed by atoms with Gasteiger partial charge in [0.15, 0.2) is 0 Å². The van der Waals surface area contributed by atoms with Crippen LogP contribution in [0.4, 0.5) is 0 Å². The largest absolute Gasteiger partial charge is 0.393 e. The van der Waals surface area contributed by atoms with Crippen molar-refractivity contribution in [2.45, 2.75) is 60.1 Å². The third-order valence-corrected chi connectivity index (χ3v) is 4.08. The first-order chi connectivity index (χ1) is 11.3. The van der Waals surface area contributed by atoms with Crippen LogP contribution in [0.15, 0.2) is 11.6 Å². The van der Waals surface area contributed by atoms with Crippen molar-refractivity contribution in [2.24, 2.45) is 5.92 Å². The molecule has 24 heavy (non-hydrogen) atoms. The molecule has 0 spiro atoms. The molecule has 1 aromatic heterocycles. The molecule has 2 N–H and O–H groups in total. The average molecular weight is 331 g/mol. The molecule has 2 atom stereocenters. The lowest BCUT2D eigenvalue weighted by molar-refractivity contribution is -0.117. The number of aromatic nitrogens is 1. The highest BCUT2D eigenvalue weighted by molar-refractivity contribution is 6.01. The fraction of sp³-hybridized carbons (Fsp3) is 0.579. The smallest absolute Gasteiger partial charge is 0.261 e. The molecular formula is C19H29N3O2. The summed E-state index contributed by atoms with van der Waals surface area (Å²) in [5.41, 5.74) is 3.21. The monoisotopic (exact) mass is 331 g/mol. The summed E-state index contributed by atoms with van der Waals surface area (Å²) in [6.45, 7) is 11.2. The number of aliphatic hydroxyl groups is 1. The number of carbonyl (C=O) groups is 1. The Morgan fingerprint density at radius 1 is 1.46 bits per heavy atom. The van der Waals surface area contributed by atoms with Gasteiger partial charge in [-0.2, -0.15) is 5.26 Å². The number of nitrogens with one attached hydrogen (secondary N) is 1. The standard InChI is InChI=1S/C19H29N3O2/c1-6-7-22-14(3)9-17(16(22)5)10-18(11-20)19(24)21-12-13(2)8-15(4)23/h9-10,13,15,23H,6-8,12H2,1-5H3,(H,21,24). The molecule has 0 aromatic carbocycles. The Kier molecular flexibility index (Phi) is 7.73. The highest BCUT2D eigenvalue weighted by Gasteiger charge is 2.14. The van der Waals surface area contributed by atoms with Crippen LogP contribution in [-0.2, 0) is 11.3 Å². The summed E-state index contributed by atoms with van der Waals surface area (Å²) in [5.74, 6) is -0.209. The fourth-order valence-corrected chi connectivity index (χ4v) is 2.87. The van der Waals surface area contributed by atoms with E-state index in [4.69, 9.17) is 0 Å². The van der Waals surface area contributed by atoms with E-state index in [1.807, 2.05) is 32.9 Å². The van der Waals surface area contributed by atoms with Gasteiger partial charge in [0.2, 0.25) is 0 Å². The van der Waals surface area contributed by atoms with Crippen molar-refractivity contribution in [3.63, 3.8) is 0 Å². The van der Waals surface area contributed by atoms with Crippen LogP contribution in [0.3, 0.4) is 0 Å². The minimum absolute atomic E-state index is 0.107. The molecule has 2 unspecified atom stereocenters. The maximum Gasteiger partial charge on any atom is 0.261 e. The van der Waals surface area contributed by atoms with Gasteiger partial charge in [0, 0.05) is 24.5 Å². The van der Waals surface area contributed by atoms with Crippen molar-refractivity contribution in [3.05, 3.63) is 28.6 Å². The van der Waals surface area contributed by atoms with E-state index >= 15 is 0 Å². The van der Waals surface area contributed by atoms with E-state index in [0.29, 0.717) is 13.0 Å². The third kappa shape index (κ3) is 5.54. The summed E-state index contributed by atoms with van der Waals surface area (Å²) in [4.78, 5) is 12.2. The zero-order chi connectivity index (χ0) is 18.3. The number of aryl methyl sites for hydroxylation is 1. The van der Waals surface area contributed by atoms with Gasteiger partial charge in [0.25, 0.3) is 5.91 Å². The van der Waals surface area contributed by atoms with Gasteiger partial charge < -0.3 is 15.0 Å². The zero-order valence-electron chi connectivity index (χ0n) is 15.4. The zero-order valence-corrected chi connectivity index (χ0v) is 15.4.